The Morgan fingerprint density at radius 3 is 1.92 bits per heavy atom. The molecule has 2 N–H and O–H groups in total. The number of carbonyl (C=O) groups is 2. The molecule has 2 aromatic heterocycles. The SMILES string of the molecule is C/C=C\C(=C/CC)C1=NC(CC(=O)NCCOCCOCCSc2ccc(C3=NC(CC(=O)NCC)c4nnc(C)n4-c4ccc(OC)cc43)cc2)c2nnc(C)n2-c2ccc(OC)cc21. The molecule has 7 rings (SSSR count). The van der Waals surface area contributed by atoms with Gasteiger partial charge in [0.15, 0.2) is 11.6 Å². The Labute approximate surface area is 390 Å². The van der Waals surface area contributed by atoms with E-state index in [1.54, 1.807) is 26.0 Å². The summed E-state index contributed by atoms with van der Waals surface area (Å²) < 4.78 is 26.8. The number of nitrogens with one attached hydrogen (secondary N) is 2. The molecule has 2 aliphatic rings. The average molecular weight is 915 g/mol. The predicted molar refractivity (Wildman–Crippen MR) is 256 cm³/mol. The number of aryl methyl sites for hydroxylation is 2. The topological polar surface area (TPSA) is 181 Å². The summed E-state index contributed by atoms with van der Waals surface area (Å²) in [6.07, 6.45) is 7.21. The van der Waals surface area contributed by atoms with Crippen LogP contribution in [0.2, 0.25) is 0 Å². The maximum absolute atomic E-state index is 13.4. The van der Waals surface area contributed by atoms with Crippen molar-refractivity contribution in [3.05, 3.63) is 124 Å². The smallest absolute Gasteiger partial charge is 0.222 e. The van der Waals surface area contributed by atoms with Crippen molar-refractivity contribution in [2.24, 2.45) is 9.98 Å². The number of nitrogens with zero attached hydrogens (tertiary/aromatic N) is 8. The van der Waals surface area contributed by atoms with E-state index < -0.39 is 12.1 Å². The van der Waals surface area contributed by atoms with Crippen LogP contribution in [-0.2, 0) is 19.1 Å². The summed E-state index contributed by atoms with van der Waals surface area (Å²) in [5, 5.41) is 23.6. The molecular formula is C49H58N10O6S. The summed E-state index contributed by atoms with van der Waals surface area (Å²) in [5.41, 5.74) is 6.89. The van der Waals surface area contributed by atoms with Gasteiger partial charge >= 0.3 is 0 Å². The number of fused-ring (bicyclic) bond motifs is 6. The van der Waals surface area contributed by atoms with Gasteiger partial charge in [-0.15, -0.1) is 32.2 Å². The van der Waals surface area contributed by atoms with Crippen LogP contribution in [-0.4, -0.2) is 112 Å². The number of ether oxygens (including phenoxy) is 4. The van der Waals surface area contributed by atoms with Crippen molar-refractivity contribution in [3.8, 4) is 22.9 Å². The summed E-state index contributed by atoms with van der Waals surface area (Å²) in [5.74, 6) is 4.52. The number of carbonyl (C=O) groups excluding carboxylic acids is 2. The Hall–Kier alpha value is -6.43. The van der Waals surface area contributed by atoms with Crippen molar-refractivity contribution < 1.29 is 28.5 Å². The molecule has 0 spiro atoms. The number of amides is 2. The zero-order valence-electron chi connectivity index (χ0n) is 38.7. The fourth-order valence-corrected chi connectivity index (χ4v) is 8.75. The van der Waals surface area contributed by atoms with Gasteiger partial charge in [-0.25, -0.2) is 0 Å². The Bertz CT molecular complexity index is 2630. The van der Waals surface area contributed by atoms with E-state index in [0.29, 0.717) is 74.3 Å². The van der Waals surface area contributed by atoms with Gasteiger partial charge in [-0.3, -0.25) is 28.7 Å². The minimum Gasteiger partial charge on any atom is -0.497 e. The Morgan fingerprint density at radius 1 is 0.727 bits per heavy atom. The summed E-state index contributed by atoms with van der Waals surface area (Å²) in [7, 11) is 3.28. The highest BCUT2D eigenvalue weighted by Gasteiger charge is 2.32. The fourth-order valence-electron chi connectivity index (χ4n) is 7.99. The number of thioether (sulfide) groups is 1. The van der Waals surface area contributed by atoms with Gasteiger partial charge in [-0.05, 0) is 88.2 Å². The predicted octanol–water partition coefficient (Wildman–Crippen LogP) is 6.99. The van der Waals surface area contributed by atoms with Crippen molar-refractivity contribution in [2.45, 2.75) is 70.9 Å². The molecule has 17 heteroatoms. The molecule has 0 bridgehead atoms. The highest BCUT2D eigenvalue weighted by molar-refractivity contribution is 7.99. The van der Waals surface area contributed by atoms with E-state index in [1.807, 2.05) is 85.4 Å². The molecule has 0 saturated heterocycles. The van der Waals surface area contributed by atoms with Gasteiger partial charge in [0.05, 0.1) is 76.3 Å². The molecule has 0 radical (unpaired) electrons. The van der Waals surface area contributed by atoms with Gasteiger partial charge in [-0.1, -0.05) is 37.3 Å². The molecule has 3 aromatic carbocycles. The molecular weight excluding hydrogens is 857 g/mol. The van der Waals surface area contributed by atoms with Crippen LogP contribution in [0.4, 0.5) is 0 Å². The quantitative estimate of drug-likeness (QED) is 0.0440. The summed E-state index contributed by atoms with van der Waals surface area (Å²) in [6, 6.07) is 18.9. The lowest BCUT2D eigenvalue weighted by Gasteiger charge is -2.14. The van der Waals surface area contributed by atoms with Crippen LogP contribution in [0.3, 0.4) is 0 Å². The molecule has 0 saturated carbocycles. The van der Waals surface area contributed by atoms with E-state index in [4.69, 9.17) is 28.9 Å². The molecule has 2 atom stereocenters. The molecule has 346 valence electrons. The Kier molecular flexibility index (Phi) is 16.3. The number of benzene rings is 3. The first-order valence-corrected chi connectivity index (χ1v) is 23.3. The van der Waals surface area contributed by atoms with E-state index in [-0.39, 0.29) is 24.7 Å². The highest BCUT2D eigenvalue weighted by Crippen LogP contribution is 2.36. The lowest BCUT2D eigenvalue weighted by Crippen LogP contribution is -2.29. The normalized spacial score (nSPS) is 15.4. The van der Waals surface area contributed by atoms with Gasteiger partial charge in [-0.2, -0.15) is 0 Å². The molecule has 2 unspecified atom stereocenters. The lowest BCUT2D eigenvalue weighted by molar-refractivity contribution is -0.122. The van der Waals surface area contributed by atoms with Crippen molar-refractivity contribution in [3.63, 3.8) is 0 Å². The minimum atomic E-state index is -0.568. The number of aliphatic imine (C=N–C) groups is 2. The standard InChI is InChI=1S/C49H58N10O6S/c1-8-11-33(12-9-2)46-38-27-35(62-6)15-19-42(38)58-31(4)55-57-49(58)41(52-46)30-45(61)51-21-22-64-23-24-65-25-26-66-37-17-13-34(14-18-37)47-39-28-36(63-7)16-20-43(39)59-32(5)54-56-48(59)40(53-47)29-44(60)50-10-3/h8,11-20,27-28,40-41H,9-10,21-26,29-30H2,1-7H3,(H,50,60)(H,51,61)/b11-8-,33-12+. The lowest BCUT2D eigenvalue weighted by atomic mass is 9.98. The number of methoxy groups -OCH3 is 2. The van der Waals surface area contributed by atoms with Crippen LogP contribution in [0.15, 0.2) is 99.3 Å². The minimum absolute atomic E-state index is 0.0907. The first kappa shape index (κ1) is 47.5. The van der Waals surface area contributed by atoms with E-state index in [2.05, 4.69) is 68.3 Å². The fraction of sp³-hybridized carbons (Fsp3) is 0.388. The maximum Gasteiger partial charge on any atom is 0.222 e. The molecule has 66 heavy (non-hydrogen) atoms. The molecule has 2 aliphatic heterocycles. The van der Waals surface area contributed by atoms with Crippen LogP contribution in [0.1, 0.15) is 92.1 Å². The van der Waals surface area contributed by atoms with E-state index in [0.717, 1.165) is 62.1 Å². The van der Waals surface area contributed by atoms with Crippen molar-refractivity contribution >= 4 is 35.0 Å². The molecule has 0 fully saturated rings. The first-order chi connectivity index (χ1) is 32.2. The number of allylic oxidation sites excluding steroid dienone is 4. The number of hydrogen-bond acceptors (Lipinski definition) is 13. The van der Waals surface area contributed by atoms with Gasteiger partial charge in [0.25, 0.3) is 0 Å². The molecule has 2 amide bonds. The number of rotatable bonds is 21. The highest BCUT2D eigenvalue weighted by atomic mass is 32.2. The summed E-state index contributed by atoms with van der Waals surface area (Å²) >= 11 is 1.69. The summed E-state index contributed by atoms with van der Waals surface area (Å²) in [4.78, 5) is 37.6. The number of aromatic nitrogens is 6. The zero-order valence-corrected chi connectivity index (χ0v) is 39.5. The third kappa shape index (κ3) is 11.0. The second-order valence-electron chi connectivity index (χ2n) is 15.5. The third-order valence-electron chi connectivity index (χ3n) is 11.0. The third-order valence-corrected chi connectivity index (χ3v) is 12.0. The van der Waals surface area contributed by atoms with Crippen LogP contribution in [0.5, 0.6) is 11.5 Å². The van der Waals surface area contributed by atoms with E-state index in [1.165, 1.54) is 0 Å². The second kappa shape index (κ2) is 22.7. The van der Waals surface area contributed by atoms with Crippen molar-refractivity contribution in [2.75, 3.05) is 59.5 Å². The van der Waals surface area contributed by atoms with Crippen LogP contribution in [0.25, 0.3) is 11.4 Å². The van der Waals surface area contributed by atoms with Crippen LogP contribution < -0.4 is 20.1 Å². The van der Waals surface area contributed by atoms with Crippen molar-refractivity contribution in [1.29, 1.82) is 0 Å². The van der Waals surface area contributed by atoms with Gasteiger partial charge in [0.1, 0.15) is 35.2 Å². The number of hydrogen-bond donors (Lipinski definition) is 2. The molecule has 16 nitrogen and oxygen atoms in total. The molecule has 0 aliphatic carbocycles. The van der Waals surface area contributed by atoms with Gasteiger partial charge in [0, 0.05) is 40.4 Å². The zero-order chi connectivity index (χ0) is 46.6. The molecule has 5 aromatic rings. The Balaban J connectivity index is 0.887. The molecule has 4 heterocycles. The summed E-state index contributed by atoms with van der Waals surface area (Å²) in [6.45, 7) is 12.3. The van der Waals surface area contributed by atoms with E-state index >= 15 is 0 Å². The maximum atomic E-state index is 13.4. The van der Waals surface area contributed by atoms with Crippen molar-refractivity contribution in [1.82, 2.24) is 40.2 Å². The second-order valence-corrected chi connectivity index (χ2v) is 16.7. The largest absolute Gasteiger partial charge is 0.497 e. The monoisotopic (exact) mass is 914 g/mol. The van der Waals surface area contributed by atoms with Crippen LogP contribution in [0, 0.1) is 13.8 Å². The van der Waals surface area contributed by atoms with Gasteiger partial charge in [0.2, 0.25) is 11.8 Å². The van der Waals surface area contributed by atoms with Gasteiger partial charge < -0.3 is 29.6 Å². The van der Waals surface area contributed by atoms with Crippen LogP contribution >= 0.6 is 11.8 Å². The average Bonchev–Trinajstić information content (AvgIpc) is 3.83. The first-order valence-electron chi connectivity index (χ1n) is 22.3. The van der Waals surface area contributed by atoms with E-state index in [9.17, 15) is 9.59 Å². The Morgan fingerprint density at radius 2 is 1.32 bits per heavy atom.